The minimum atomic E-state index is 0.328. The van der Waals surface area contributed by atoms with Crippen molar-refractivity contribution in [3.05, 3.63) is 35.4 Å². The van der Waals surface area contributed by atoms with Gasteiger partial charge in [-0.15, -0.1) is 0 Å². The fourth-order valence-electron chi connectivity index (χ4n) is 6.52. The Bertz CT molecular complexity index is 517. The highest BCUT2D eigenvalue weighted by atomic mass is 16.6. The molecule has 0 spiro atoms. The minimum absolute atomic E-state index is 0.328. The first-order chi connectivity index (χ1) is 8.38. The van der Waals surface area contributed by atoms with E-state index < -0.39 is 0 Å². The van der Waals surface area contributed by atoms with Gasteiger partial charge in [-0.3, -0.25) is 0 Å². The van der Waals surface area contributed by atoms with Gasteiger partial charge in [0.1, 0.15) is 11.2 Å². The van der Waals surface area contributed by atoms with Gasteiger partial charge in [0.2, 0.25) is 0 Å². The highest BCUT2D eigenvalue weighted by Gasteiger charge is 2.91. The van der Waals surface area contributed by atoms with Crippen molar-refractivity contribution in [3.8, 4) is 0 Å². The van der Waals surface area contributed by atoms with Gasteiger partial charge >= 0.3 is 0 Å². The molecular formula is C16H16O. The van der Waals surface area contributed by atoms with Crippen molar-refractivity contribution in [2.45, 2.75) is 48.7 Å². The van der Waals surface area contributed by atoms with Gasteiger partial charge in [-0.1, -0.05) is 24.3 Å². The molecule has 17 heavy (non-hydrogen) atoms. The van der Waals surface area contributed by atoms with Crippen molar-refractivity contribution >= 4 is 0 Å². The first kappa shape index (κ1) is 8.31. The van der Waals surface area contributed by atoms with Crippen molar-refractivity contribution in [1.82, 2.24) is 0 Å². The predicted octanol–water partition coefficient (Wildman–Crippen LogP) is 3.21. The molecule has 3 saturated carbocycles. The summed E-state index contributed by atoms with van der Waals surface area (Å²) in [5.41, 5.74) is 3.93. The summed E-state index contributed by atoms with van der Waals surface area (Å²) in [4.78, 5) is 0. The van der Waals surface area contributed by atoms with Crippen molar-refractivity contribution < 1.29 is 4.74 Å². The lowest BCUT2D eigenvalue weighted by Crippen LogP contribution is -2.36. The van der Waals surface area contributed by atoms with Gasteiger partial charge in [0.05, 0.1) is 0 Å². The maximum Gasteiger partial charge on any atom is 0.109 e. The summed E-state index contributed by atoms with van der Waals surface area (Å²) in [7, 11) is 0. The van der Waals surface area contributed by atoms with Gasteiger partial charge in [0.15, 0.2) is 0 Å². The van der Waals surface area contributed by atoms with Crippen LogP contribution in [0.2, 0.25) is 0 Å². The lowest BCUT2D eigenvalue weighted by atomic mass is 9.69. The fraction of sp³-hybridized carbons (Fsp3) is 0.625. The monoisotopic (exact) mass is 224 g/mol. The first-order valence-electron chi connectivity index (χ1n) is 7.17. The summed E-state index contributed by atoms with van der Waals surface area (Å²) in [6, 6.07) is 9.17. The van der Waals surface area contributed by atoms with Crippen LogP contribution in [-0.4, -0.2) is 11.2 Å². The zero-order valence-electron chi connectivity index (χ0n) is 9.86. The van der Waals surface area contributed by atoms with E-state index in [9.17, 15) is 0 Å². The average molecular weight is 224 g/mol. The minimum Gasteiger partial charge on any atom is -0.361 e. The Morgan fingerprint density at radius 3 is 2.06 bits per heavy atom. The summed E-state index contributed by atoms with van der Waals surface area (Å²) in [5.74, 6) is 3.30. The zero-order valence-corrected chi connectivity index (χ0v) is 9.86. The summed E-state index contributed by atoms with van der Waals surface area (Å²) in [6.45, 7) is 0. The van der Waals surface area contributed by atoms with Crippen molar-refractivity contribution in [2.75, 3.05) is 0 Å². The molecule has 4 fully saturated rings. The van der Waals surface area contributed by atoms with Gasteiger partial charge in [0, 0.05) is 11.8 Å². The van der Waals surface area contributed by atoms with Gasteiger partial charge in [-0.05, 0) is 48.6 Å². The highest BCUT2D eigenvalue weighted by Crippen LogP contribution is 2.86. The average Bonchev–Trinajstić information content (AvgIpc) is 2.80. The number of rotatable bonds is 0. The third kappa shape index (κ3) is 0.567. The SMILES string of the molecule is c1ccc2c(c1)[C@H]1C[C@H]2[C@]23O[C@]12[C@H]1CC[C@H]3C1. The van der Waals surface area contributed by atoms with E-state index in [1.54, 1.807) is 11.1 Å². The predicted molar refractivity (Wildman–Crippen MR) is 63.9 cm³/mol. The molecule has 5 aliphatic rings. The summed E-state index contributed by atoms with van der Waals surface area (Å²) < 4.78 is 6.52. The van der Waals surface area contributed by atoms with Crippen molar-refractivity contribution in [1.29, 1.82) is 0 Å². The lowest BCUT2D eigenvalue weighted by Gasteiger charge is -2.29. The van der Waals surface area contributed by atoms with Gasteiger partial charge in [0.25, 0.3) is 0 Å². The standard InChI is InChI=1S/C16H16O/c1-2-4-12-11(3-1)13-8-14(12)16-10-6-5-9(7-10)15(13,16)17-16/h1-4,9-10,13-14H,5-8H2/t9-,10-,13+,14+,15-,16+/m0/s1. The number of ether oxygens (including phenoxy) is 1. The number of benzene rings is 1. The molecule has 1 heterocycles. The van der Waals surface area contributed by atoms with Crippen LogP contribution < -0.4 is 0 Å². The van der Waals surface area contributed by atoms with E-state index >= 15 is 0 Å². The quantitative estimate of drug-likeness (QED) is 0.616. The molecule has 1 heteroatoms. The van der Waals surface area contributed by atoms with Crippen LogP contribution in [0.4, 0.5) is 0 Å². The normalized spacial score (nSPS) is 59.1. The summed E-state index contributed by atoms with van der Waals surface area (Å²) in [6.07, 6.45) is 5.75. The molecule has 0 N–H and O–H groups in total. The largest absolute Gasteiger partial charge is 0.361 e. The van der Waals surface area contributed by atoms with Crippen molar-refractivity contribution in [2.24, 2.45) is 11.8 Å². The molecule has 1 aromatic rings. The highest BCUT2D eigenvalue weighted by molar-refractivity contribution is 5.57. The van der Waals surface area contributed by atoms with E-state index in [0.717, 1.165) is 23.7 Å². The third-order valence-electron chi connectivity index (χ3n) is 6.81. The van der Waals surface area contributed by atoms with Gasteiger partial charge in [-0.2, -0.15) is 0 Å². The van der Waals surface area contributed by atoms with Crippen LogP contribution in [0, 0.1) is 11.8 Å². The van der Waals surface area contributed by atoms with Crippen LogP contribution in [0.3, 0.4) is 0 Å². The molecular weight excluding hydrogens is 208 g/mol. The topological polar surface area (TPSA) is 12.5 Å². The van der Waals surface area contributed by atoms with E-state index in [2.05, 4.69) is 24.3 Å². The molecule has 0 amide bonds. The van der Waals surface area contributed by atoms with E-state index in [-0.39, 0.29) is 0 Å². The Hall–Kier alpha value is -0.820. The molecule has 1 nitrogen and oxygen atoms in total. The zero-order chi connectivity index (χ0) is 10.8. The second-order valence-corrected chi connectivity index (χ2v) is 6.86. The lowest BCUT2D eigenvalue weighted by molar-refractivity contribution is 0.113. The van der Waals surface area contributed by atoms with Crippen LogP contribution in [-0.2, 0) is 4.74 Å². The van der Waals surface area contributed by atoms with E-state index in [4.69, 9.17) is 4.74 Å². The summed E-state index contributed by atoms with van der Waals surface area (Å²) in [5, 5.41) is 0. The second-order valence-electron chi connectivity index (χ2n) is 6.86. The summed E-state index contributed by atoms with van der Waals surface area (Å²) >= 11 is 0. The molecule has 1 aliphatic heterocycles. The molecule has 1 saturated heterocycles. The smallest absolute Gasteiger partial charge is 0.109 e. The van der Waals surface area contributed by atoms with Crippen LogP contribution in [0.1, 0.15) is 48.6 Å². The molecule has 6 atom stereocenters. The van der Waals surface area contributed by atoms with Gasteiger partial charge < -0.3 is 4.74 Å². The maximum absolute atomic E-state index is 6.52. The third-order valence-corrected chi connectivity index (χ3v) is 6.81. The maximum atomic E-state index is 6.52. The Morgan fingerprint density at radius 1 is 0.882 bits per heavy atom. The Kier molecular flexibility index (Phi) is 1.02. The van der Waals surface area contributed by atoms with Crippen LogP contribution >= 0.6 is 0 Å². The molecule has 4 bridgehead atoms. The second kappa shape index (κ2) is 2.09. The van der Waals surface area contributed by atoms with Crippen LogP contribution in [0.15, 0.2) is 24.3 Å². The van der Waals surface area contributed by atoms with E-state index in [0.29, 0.717) is 11.2 Å². The number of fused-ring (bicyclic) bond motifs is 7. The number of hydrogen-bond donors (Lipinski definition) is 0. The fourth-order valence-corrected chi connectivity index (χ4v) is 6.52. The van der Waals surface area contributed by atoms with E-state index in [1.165, 1.54) is 25.7 Å². The molecule has 0 radical (unpaired) electrons. The molecule has 86 valence electrons. The Labute approximate surface area is 101 Å². The van der Waals surface area contributed by atoms with Gasteiger partial charge in [-0.25, -0.2) is 0 Å². The Balaban J connectivity index is 1.67. The molecule has 1 aromatic carbocycles. The number of epoxide rings is 1. The van der Waals surface area contributed by atoms with Crippen molar-refractivity contribution in [3.63, 3.8) is 0 Å². The van der Waals surface area contributed by atoms with E-state index in [1.807, 2.05) is 0 Å². The molecule has 6 rings (SSSR count). The van der Waals surface area contributed by atoms with Crippen LogP contribution in [0.25, 0.3) is 0 Å². The Morgan fingerprint density at radius 2 is 1.47 bits per heavy atom. The molecule has 4 aliphatic carbocycles. The molecule has 0 unspecified atom stereocenters. The number of hydrogen-bond acceptors (Lipinski definition) is 1. The van der Waals surface area contributed by atoms with Crippen LogP contribution in [0.5, 0.6) is 0 Å². The molecule has 0 aromatic heterocycles. The first-order valence-corrected chi connectivity index (χ1v) is 7.17.